The van der Waals surface area contributed by atoms with E-state index in [2.05, 4.69) is 30.2 Å². The zero-order valence-electron chi connectivity index (χ0n) is 9.37. The highest BCUT2D eigenvalue weighted by atomic mass is 16.3. The summed E-state index contributed by atoms with van der Waals surface area (Å²) in [5.74, 6) is 1.21. The maximum absolute atomic E-state index is 5.73. The lowest BCUT2D eigenvalue weighted by molar-refractivity contribution is 0.508. The standard InChI is InChI=1S/C12H16N2O/c1-8(2)9-5-4-6-10-12(9)15-11(14-10)7-13-3/h4-6,8,13H,7H2,1-3H3. The zero-order chi connectivity index (χ0) is 10.8. The Bertz CT molecular complexity index is 460. The van der Waals surface area contributed by atoms with Crippen LogP contribution in [-0.4, -0.2) is 12.0 Å². The van der Waals surface area contributed by atoms with Gasteiger partial charge in [-0.25, -0.2) is 4.98 Å². The molecule has 0 amide bonds. The number of aromatic nitrogens is 1. The van der Waals surface area contributed by atoms with Gasteiger partial charge in [-0.05, 0) is 24.6 Å². The Morgan fingerprint density at radius 1 is 1.40 bits per heavy atom. The van der Waals surface area contributed by atoms with Crippen LogP contribution in [0.5, 0.6) is 0 Å². The van der Waals surface area contributed by atoms with Crippen molar-refractivity contribution in [2.45, 2.75) is 26.3 Å². The van der Waals surface area contributed by atoms with E-state index in [-0.39, 0.29) is 0 Å². The van der Waals surface area contributed by atoms with Crippen molar-refractivity contribution in [2.24, 2.45) is 0 Å². The number of rotatable bonds is 3. The summed E-state index contributed by atoms with van der Waals surface area (Å²) < 4.78 is 5.73. The van der Waals surface area contributed by atoms with E-state index in [1.807, 2.05) is 19.2 Å². The number of nitrogens with one attached hydrogen (secondary N) is 1. The minimum absolute atomic E-state index is 0.462. The highest BCUT2D eigenvalue weighted by Crippen LogP contribution is 2.25. The minimum Gasteiger partial charge on any atom is -0.439 e. The number of oxazole rings is 1. The molecule has 3 heteroatoms. The molecule has 0 spiro atoms. The summed E-state index contributed by atoms with van der Waals surface area (Å²) in [5.41, 5.74) is 3.10. The van der Waals surface area contributed by atoms with Crippen molar-refractivity contribution in [1.82, 2.24) is 10.3 Å². The first-order chi connectivity index (χ1) is 7.22. The summed E-state index contributed by atoms with van der Waals surface area (Å²) in [6, 6.07) is 6.12. The highest BCUT2D eigenvalue weighted by molar-refractivity contribution is 5.76. The fraction of sp³-hybridized carbons (Fsp3) is 0.417. The lowest BCUT2D eigenvalue weighted by atomic mass is 10.0. The van der Waals surface area contributed by atoms with E-state index in [4.69, 9.17) is 4.42 Å². The predicted molar refractivity (Wildman–Crippen MR) is 60.9 cm³/mol. The minimum atomic E-state index is 0.462. The van der Waals surface area contributed by atoms with Gasteiger partial charge in [0.1, 0.15) is 5.52 Å². The summed E-state index contributed by atoms with van der Waals surface area (Å²) >= 11 is 0. The molecular weight excluding hydrogens is 188 g/mol. The number of nitrogens with zero attached hydrogens (tertiary/aromatic N) is 1. The molecule has 2 rings (SSSR count). The zero-order valence-corrected chi connectivity index (χ0v) is 9.37. The molecule has 3 nitrogen and oxygen atoms in total. The summed E-state index contributed by atoms with van der Waals surface area (Å²) in [7, 11) is 1.89. The smallest absolute Gasteiger partial charge is 0.209 e. The van der Waals surface area contributed by atoms with Crippen LogP contribution in [0, 0.1) is 0 Å². The van der Waals surface area contributed by atoms with Gasteiger partial charge in [0.05, 0.1) is 6.54 Å². The summed E-state index contributed by atoms with van der Waals surface area (Å²) in [6.07, 6.45) is 0. The Balaban J connectivity index is 2.54. The maximum atomic E-state index is 5.73. The Morgan fingerprint density at radius 3 is 2.87 bits per heavy atom. The second kappa shape index (κ2) is 4.03. The van der Waals surface area contributed by atoms with Gasteiger partial charge in [0.2, 0.25) is 5.89 Å². The van der Waals surface area contributed by atoms with Crippen LogP contribution in [0.3, 0.4) is 0 Å². The number of fused-ring (bicyclic) bond motifs is 1. The molecule has 0 aliphatic carbocycles. The third-order valence-electron chi connectivity index (χ3n) is 2.44. The fourth-order valence-corrected chi connectivity index (χ4v) is 1.70. The van der Waals surface area contributed by atoms with E-state index < -0.39 is 0 Å². The van der Waals surface area contributed by atoms with Gasteiger partial charge in [0.15, 0.2) is 5.58 Å². The van der Waals surface area contributed by atoms with E-state index in [9.17, 15) is 0 Å². The largest absolute Gasteiger partial charge is 0.439 e. The molecule has 80 valence electrons. The molecule has 0 saturated carbocycles. The fourth-order valence-electron chi connectivity index (χ4n) is 1.70. The van der Waals surface area contributed by atoms with Crippen molar-refractivity contribution in [3.8, 4) is 0 Å². The Labute approximate surface area is 89.5 Å². The molecule has 0 radical (unpaired) electrons. The van der Waals surface area contributed by atoms with Crippen LogP contribution >= 0.6 is 0 Å². The first kappa shape index (κ1) is 10.2. The van der Waals surface area contributed by atoms with Gasteiger partial charge in [-0.2, -0.15) is 0 Å². The van der Waals surface area contributed by atoms with Crippen molar-refractivity contribution >= 4 is 11.1 Å². The Hall–Kier alpha value is -1.35. The van der Waals surface area contributed by atoms with Gasteiger partial charge >= 0.3 is 0 Å². The van der Waals surface area contributed by atoms with Gasteiger partial charge in [0.25, 0.3) is 0 Å². The lowest BCUT2D eigenvalue weighted by Gasteiger charge is -2.03. The van der Waals surface area contributed by atoms with E-state index in [1.54, 1.807) is 0 Å². The van der Waals surface area contributed by atoms with Crippen molar-refractivity contribution in [3.63, 3.8) is 0 Å². The van der Waals surface area contributed by atoms with Crippen molar-refractivity contribution < 1.29 is 4.42 Å². The van der Waals surface area contributed by atoms with Crippen LogP contribution in [0.1, 0.15) is 31.2 Å². The molecule has 0 atom stereocenters. The van der Waals surface area contributed by atoms with Crippen LogP contribution in [-0.2, 0) is 6.54 Å². The van der Waals surface area contributed by atoms with Crippen LogP contribution in [0.25, 0.3) is 11.1 Å². The SMILES string of the molecule is CNCc1nc2cccc(C(C)C)c2o1. The summed E-state index contributed by atoms with van der Waals surface area (Å²) in [5, 5.41) is 3.04. The van der Waals surface area contributed by atoms with Crippen molar-refractivity contribution in [2.75, 3.05) is 7.05 Å². The van der Waals surface area contributed by atoms with Gasteiger partial charge in [-0.1, -0.05) is 26.0 Å². The lowest BCUT2D eigenvalue weighted by Crippen LogP contribution is -2.04. The third-order valence-corrected chi connectivity index (χ3v) is 2.44. The predicted octanol–water partition coefficient (Wildman–Crippen LogP) is 2.67. The molecular formula is C12H16N2O. The summed E-state index contributed by atoms with van der Waals surface area (Å²) in [6.45, 7) is 5.00. The second-order valence-corrected chi connectivity index (χ2v) is 3.99. The molecule has 2 aromatic rings. The third kappa shape index (κ3) is 1.88. The Morgan fingerprint density at radius 2 is 2.20 bits per heavy atom. The van der Waals surface area contributed by atoms with Crippen LogP contribution in [0.4, 0.5) is 0 Å². The molecule has 0 unspecified atom stereocenters. The molecule has 1 N–H and O–H groups in total. The molecule has 1 aromatic carbocycles. The normalized spacial score (nSPS) is 11.5. The number of hydrogen-bond donors (Lipinski definition) is 1. The topological polar surface area (TPSA) is 38.1 Å². The highest BCUT2D eigenvalue weighted by Gasteiger charge is 2.11. The average molecular weight is 204 g/mol. The van der Waals surface area contributed by atoms with Gasteiger partial charge in [-0.3, -0.25) is 0 Å². The number of hydrogen-bond acceptors (Lipinski definition) is 3. The molecule has 0 fully saturated rings. The first-order valence-electron chi connectivity index (χ1n) is 5.25. The molecule has 1 aromatic heterocycles. The van der Waals surface area contributed by atoms with Crippen LogP contribution in [0.2, 0.25) is 0 Å². The van der Waals surface area contributed by atoms with Crippen LogP contribution in [0.15, 0.2) is 22.6 Å². The van der Waals surface area contributed by atoms with E-state index in [0.29, 0.717) is 12.5 Å². The molecule has 0 saturated heterocycles. The maximum Gasteiger partial charge on any atom is 0.209 e. The molecule has 15 heavy (non-hydrogen) atoms. The Kier molecular flexibility index (Phi) is 2.73. The molecule has 0 aliphatic rings. The first-order valence-corrected chi connectivity index (χ1v) is 5.25. The number of para-hydroxylation sites is 1. The molecule has 0 aliphatic heterocycles. The molecule has 0 bridgehead atoms. The van der Waals surface area contributed by atoms with Gasteiger partial charge in [0, 0.05) is 0 Å². The van der Waals surface area contributed by atoms with Crippen molar-refractivity contribution in [1.29, 1.82) is 0 Å². The summed E-state index contributed by atoms with van der Waals surface area (Å²) in [4.78, 5) is 4.42. The molecule has 1 heterocycles. The average Bonchev–Trinajstić information content (AvgIpc) is 2.59. The van der Waals surface area contributed by atoms with Gasteiger partial charge in [-0.15, -0.1) is 0 Å². The van der Waals surface area contributed by atoms with Crippen LogP contribution < -0.4 is 5.32 Å². The quantitative estimate of drug-likeness (QED) is 0.835. The van der Waals surface area contributed by atoms with E-state index in [0.717, 1.165) is 17.0 Å². The monoisotopic (exact) mass is 204 g/mol. The van der Waals surface area contributed by atoms with Crippen molar-refractivity contribution in [3.05, 3.63) is 29.7 Å². The van der Waals surface area contributed by atoms with Gasteiger partial charge < -0.3 is 9.73 Å². The second-order valence-electron chi connectivity index (χ2n) is 3.99. The van der Waals surface area contributed by atoms with E-state index in [1.165, 1.54) is 5.56 Å². The number of benzene rings is 1. The van der Waals surface area contributed by atoms with E-state index >= 15 is 0 Å².